The van der Waals surface area contributed by atoms with E-state index in [1.54, 1.807) is 0 Å². The van der Waals surface area contributed by atoms with Crippen molar-refractivity contribution in [3.63, 3.8) is 0 Å². The van der Waals surface area contributed by atoms with Crippen molar-refractivity contribution in [2.45, 2.75) is 60.6 Å². The lowest BCUT2D eigenvalue weighted by Crippen LogP contribution is -2.58. The maximum Gasteiger partial charge on any atom is 0.186 e. The van der Waals surface area contributed by atoms with Gasteiger partial charge in [0.2, 0.25) is 0 Å². The molecule has 0 bridgehead atoms. The van der Waals surface area contributed by atoms with E-state index < -0.39 is 60.6 Å². The molecule has 0 aliphatic carbocycles. The monoisotopic (exact) mass is 420 g/mol. The van der Waals surface area contributed by atoms with Gasteiger partial charge in [0.05, 0.1) is 30.2 Å². The lowest BCUT2D eigenvalue weighted by molar-refractivity contribution is -0.284. The first-order valence-electron chi connectivity index (χ1n) is 7.90. The second-order valence-electron chi connectivity index (χ2n) is 5.87. The fourth-order valence-corrected chi connectivity index (χ4v) is 3.17. The molecule has 2 heterocycles. The third kappa shape index (κ3) is 5.65. The zero-order chi connectivity index (χ0) is 20.0. The molecule has 2 aliphatic rings. The summed E-state index contributed by atoms with van der Waals surface area (Å²) in [5, 5.41) is 55.2. The van der Waals surface area contributed by atoms with Gasteiger partial charge in [0.25, 0.3) is 0 Å². The zero-order valence-electron chi connectivity index (χ0n) is 14.4. The summed E-state index contributed by atoms with van der Waals surface area (Å²) in [5.74, 6) is 0.255. The van der Waals surface area contributed by atoms with Gasteiger partial charge in [-0.2, -0.15) is 25.3 Å². The van der Waals surface area contributed by atoms with Gasteiger partial charge < -0.3 is 49.6 Å². The summed E-state index contributed by atoms with van der Waals surface area (Å²) in [7, 11) is 2.71. The first kappa shape index (κ1) is 24.3. The number of methoxy groups -OCH3 is 2. The van der Waals surface area contributed by atoms with Crippen LogP contribution in [-0.2, 0) is 18.9 Å². The first-order chi connectivity index (χ1) is 12.2. The molecule has 0 aromatic heterocycles. The molecule has 0 saturated carbocycles. The number of aliphatic hydroxyl groups is 6. The van der Waals surface area contributed by atoms with E-state index in [2.05, 4.69) is 25.3 Å². The van der Waals surface area contributed by atoms with Crippen LogP contribution in [0.25, 0.3) is 0 Å². The van der Waals surface area contributed by atoms with Gasteiger partial charge in [0.1, 0.15) is 24.4 Å². The van der Waals surface area contributed by atoms with Crippen molar-refractivity contribution < 1.29 is 49.6 Å². The second-order valence-corrected chi connectivity index (χ2v) is 6.83. The Morgan fingerprint density at radius 2 is 1.23 bits per heavy atom. The molecule has 2 rings (SSSR count). The summed E-state index contributed by atoms with van der Waals surface area (Å²) >= 11 is 7.96. The van der Waals surface area contributed by atoms with E-state index in [-0.39, 0.29) is 12.4 Å². The molecule has 4 unspecified atom stereocenters. The van der Waals surface area contributed by atoms with Crippen LogP contribution in [0.3, 0.4) is 0 Å². The molecule has 6 N–H and O–H groups in total. The van der Waals surface area contributed by atoms with Crippen LogP contribution < -0.4 is 0 Å². The van der Waals surface area contributed by atoms with Gasteiger partial charge in [-0.3, -0.25) is 0 Å². The highest BCUT2D eigenvalue weighted by molar-refractivity contribution is 7.81. The number of hydrogen-bond donors (Lipinski definition) is 8. The lowest BCUT2D eigenvalue weighted by atomic mass is 10.00. The third-order valence-electron chi connectivity index (χ3n) is 4.16. The standard InChI is InChI=1S/2C7H14O5S/c1-11-7-5(10)4(9)6(13)3(2-8)12-7;1-11-7-6(10)5(9)4(8)3(2-13)12-7/h2*3-10,13H,2H2,1H3/t3?,4-,5?,6+,7+;3?,4-,5-,6?,7+/m10/s1. The van der Waals surface area contributed by atoms with Crippen molar-refractivity contribution in [3.8, 4) is 0 Å². The van der Waals surface area contributed by atoms with E-state index in [0.717, 1.165) is 0 Å². The van der Waals surface area contributed by atoms with Crippen molar-refractivity contribution in [1.29, 1.82) is 0 Å². The minimum absolute atomic E-state index is 0.255. The summed E-state index contributed by atoms with van der Waals surface area (Å²) < 4.78 is 19.8. The van der Waals surface area contributed by atoms with Crippen LogP contribution in [0.15, 0.2) is 0 Å². The predicted molar refractivity (Wildman–Crippen MR) is 95.1 cm³/mol. The van der Waals surface area contributed by atoms with Gasteiger partial charge in [-0.1, -0.05) is 0 Å². The van der Waals surface area contributed by atoms with E-state index in [1.807, 2.05) is 0 Å². The van der Waals surface area contributed by atoms with Gasteiger partial charge >= 0.3 is 0 Å². The summed E-state index contributed by atoms with van der Waals surface area (Å²) in [5.41, 5.74) is 0. The van der Waals surface area contributed by atoms with Crippen LogP contribution in [0.4, 0.5) is 0 Å². The van der Waals surface area contributed by atoms with Gasteiger partial charge in [-0.25, -0.2) is 0 Å². The van der Waals surface area contributed by atoms with Crippen LogP contribution in [0.1, 0.15) is 0 Å². The van der Waals surface area contributed by atoms with Crippen molar-refractivity contribution in [2.75, 3.05) is 26.6 Å². The molecule has 12 heteroatoms. The highest BCUT2D eigenvalue weighted by Gasteiger charge is 2.43. The van der Waals surface area contributed by atoms with Crippen LogP contribution in [0.2, 0.25) is 0 Å². The Hall–Kier alpha value is 0.300. The van der Waals surface area contributed by atoms with Gasteiger partial charge in [0, 0.05) is 20.0 Å². The highest BCUT2D eigenvalue weighted by atomic mass is 32.1. The molecular weight excluding hydrogens is 392 g/mol. The number of rotatable bonds is 4. The minimum Gasteiger partial charge on any atom is -0.394 e. The summed E-state index contributed by atoms with van der Waals surface area (Å²) in [6.45, 7) is -0.266. The van der Waals surface area contributed by atoms with E-state index in [1.165, 1.54) is 14.2 Å². The number of ether oxygens (including phenoxy) is 4. The summed E-state index contributed by atoms with van der Waals surface area (Å²) in [4.78, 5) is 0. The molecule has 26 heavy (non-hydrogen) atoms. The van der Waals surface area contributed by atoms with Crippen molar-refractivity contribution in [2.24, 2.45) is 0 Å². The van der Waals surface area contributed by atoms with Crippen LogP contribution in [0, 0.1) is 0 Å². The van der Waals surface area contributed by atoms with Crippen LogP contribution >= 0.6 is 25.3 Å². The van der Waals surface area contributed by atoms with E-state index in [9.17, 15) is 25.5 Å². The average molecular weight is 421 g/mol. The molecule has 156 valence electrons. The molecule has 2 saturated heterocycles. The Kier molecular flexibility index (Phi) is 10.6. The Morgan fingerprint density at radius 3 is 1.65 bits per heavy atom. The SMILES string of the molecule is CO[C@@H]1OC(CS)[C@H](O)[C@H](O)C1O.CO[C@H]1OC(CO)[C@H](S)[C@H](O)C1O. The summed E-state index contributed by atoms with van der Waals surface area (Å²) in [6, 6.07) is 0. The van der Waals surface area contributed by atoms with Crippen LogP contribution in [0.5, 0.6) is 0 Å². The number of aliphatic hydroxyl groups excluding tert-OH is 6. The molecule has 0 spiro atoms. The quantitative estimate of drug-likeness (QED) is 0.217. The Labute approximate surface area is 162 Å². The zero-order valence-corrected chi connectivity index (χ0v) is 16.2. The van der Waals surface area contributed by atoms with Crippen LogP contribution in [-0.4, -0.2) is 118 Å². The molecular formula is C14H28O10S2. The number of thiol groups is 2. The van der Waals surface area contributed by atoms with Gasteiger partial charge in [-0.05, 0) is 0 Å². The van der Waals surface area contributed by atoms with Crippen molar-refractivity contribution in [3.05, 3.63) is 0 Å². The van der Waals surface area contributed by atoms with E-state index >= 15 is 0 Å². The predicted octanol–water partition coefficient (Wildman–Crippen LogP) is -3.26. The average Bonchev–Trinajstić information content (AvgIpc) is 2.65. The smallest absolute Gasteiger partial charge is 0.186 e. The molecule has 2 fully saturated rings. The highest BCUT2D eigenvalue weighted by Crippen LogP contribution is 2.25. The normalized spacial score (nSPS) is 46.4. The Balaban J connectivity index is 0.000000260. The maximum atomic E-state index is 9.45. The molecule has 0 aromatic rings. The molecule has 10 nitrogen and oxygen atoms in total. The van der Waals surface area contributed by atoms with Gasteiger partial charge in [0.15, 0.2) is 12.6 Å². The molecule has 0 radical (unpaired) electrons. The molecule has 2 aliphatic heterocycles. The van der Waals surface area contributed by atoms with E-state index in [0.29, 0.717) is 0 Å². The second kappa shape index (κ2) is 11.3. The lowest BCUT2D eigenvalue weighted by Gasteiger charge is -2.39. The largest absolute Gasteiger partial charge is 0.394 e. The Bertz CT molecular complexity index is 330. The van der Waals surface area contributed by atoms with Crippen molar-refractivity contribution in [1.82, 2.24) is 0 Å². The molecule has 0 amide bonds. The topological polar surface area (TPSA) is 158 Å². The summed E-state index contributed by atoms with van der Waals surface area (Å²) in [6.07, 6.45) is -8.84. The minimum atomic E-state index is -1.25. The molecule has 0 aromatic carbocycles. The Morgan fingerprint density at radius 1 is 0.769 bits per heavy atom. The van der Waals surface area contributed by atoms with Crippen molar-refractivity contribution >= 4 is 25.3 Å². The first-order valence-corrected chi connectivity index (χ1v) is 9.04. The number of hydrogen-bond acceptors (Lipinski definition) is 12. The third-order valence-corrected chi connectivity index (χ3v) is 5.16. The molecule has 10 atom stereocenters. The fraction of sp³-hybridized carbons (Fsp3) is 1.00. The van der Waals surface area contributed by atoms with E-state index in [4.69, 9.17) is 24.1 Å². The van der Waals surface area contributed by atoms with Gasteiger partial charge in [-0.15, -0.1) is 0 Å². The fourth-order valence-electron chi connectivity index (χ4n) is 2.52. The maximum absolute atomic E-state index is 9.45.